The second kappa shape index (κ2) is 6.98. The number of benzene rings is 2. The molecule has 2 N–H and O–H groups in total. The van der Waals surface area contributed by atoms with Gasteiger partial charge < -0.3 is 10.5 Å². The molecule has 3 rings (SSSR count). The molecule has 0 atom stereocenters. The molecule has 106 valence electrons. The van der Waals surface area contributed by atoms with Crippen molar-refractivity contribution in [3.63, 3.8) is 0 Å². The van der Waals surface area contributed by atoms with Gasteiger partial charge in [0.2, 0.25) is 0 Å². The number of rotatable bonds is 1. The van der Waals surface area contributed by atoms with Crippen LogP contribution in [0.25, 0.3) is 11.1 Å². The third-order valence-electron chi connectivity index (χ3n) is 3.15. The van der Waals surface area contributed by atoms with E-state index in [1.54, 1.807) is 6.07 Å². The van der Waals surface area contributed by atoms with Crippen molar-refractivity contribution in [1.82, 2.24) is 0 Å². The average molecular weight is 310 g/mol. The highest BCUT2D eigenvalue weighted by atomic mass is 35.5. The van der Waals surface area contributed by atoms with E-state index < -0.39 is 0 Å². The first kappa shape index (κ1) is 15.2. The summed E-state index contributed by atoms with van der Waals surface area (Å²) in [5, 5.41) is 1.38. The SMILES string of the molecule is CN.Clc1ccc(Cl)c(-c2cccc3c2OCCC3)c1. The van der Waals surface area contributed by atoms with E-state index in [1.165, 1.54) is 12.6 Å². The lowest BCUT2D eigenvalue weighted by atomic mass is 9.97. The van der Waals surface area contributed by atoms with Crippen LogP contribution in [0.15, 0.2) is 36.4 Å². The van der Waals surface area contributed by atoms with Gasteiger partial charge in [0.25, 0.3) is 0 Å². The monoisotopic (exact) mass is 309 g/mol. The molecule has 20 heavy (non-hydrogen) atoms. The summed E-state index contributed by atoms with van der Waals surface area (Å²) in [7, 11) is 1.50. The predicted molar refractivity (Wildman–Crippen MR) is 85.8 cm³/mol. The molecule has 1 aliphatic heterocycles. The van der Waals surface area contributed by atoms with E-state index in [-0.39, 0.29) is 0 Å². The molecule has 0 aromatic heterocycles. The number of aryl methyl sites for hydroxylation is 1. The molecule has 1 aliphatic rings. The average Bonchev–Trinajstić information content (AvgIpc) is 2.51. The minimum atomic E-state index is 0.683. The van der Waals surface area contributed by atoms with Gasteiger partial charge in [-0.1, -0.05) is 41.4 Å². The summed E-state index contributed by atoms with van der Waals surface area (Å²) in [6.45, 7) is 0.766. The largest absolute Gasteiger partial charge is 0.493 e. The summed E-state index contributed by atoms with van der Waals surface area (Å²) in [5.41, 5.74) is 7.71. The number of hydrogen-bond acceptors (Lipinski definition) is 2. The van der Waals surface area contributed by atoms with E-state index in [0.717, 1.165) is 36.3 Å². The van der Waals surface area contributed by atoms with E-state index in [4.69, 9.17) is 27.9 Å². The van der Waals surface area contributed by atoms with Crippen LogP contribution in [0.3, 0.4) is 0 Å². The Labute approximate surface area is 129 Å². The van der Waals surface area contributed by atoms with Gasteiger partial charge in [0, 0.05) is 21.2 Å². The van der Waals surface area contributed by atoms with Crippen molar-refractivity contribution >= 4 is 23.2 Å². The highest BCUT2D eigenvalue weighted by molar-refractivity contribution is 6.35. The smallest absolute Gasteiger partial charge is 0.130 e. The minimum Gasteiger partial charge on any atom is -0.493 e. The molecule has 1 heterocycles. The molecule has 0 bridgehead atoms. The summed E-state index contributed by atoms with van der Waals surface area (Å²) in [6, 6.07) is 11.7. The van der Waals surface area contributed by atoms with Gasteiger partial charge in [-0.15, -0.1) is 0 Å². The van der Waals surface area contributed by atoms with Crippen LogP contribution in [-0.2, 0) is 6.42 Å². The van der Waals surface area contributed by atoms with Crippen LogP contribution in [-0.4, -0.2) is 13.7 Å². The molecule has 0 amide bonds. The Morgan fingerprint density at radius 2 is 1.85 bits per heavy atom. The second-order valence-electron chi connectivity index (χ2n) is 4.37. The highest BCUT2D eigenvalue weighted by Gasteiger charge is 2.17. The van der Waals surface area contributed by atoms with Crippen LogP contribution in [0.5, 0.6) is 5.75 Å². The zero-order valence-corrected chi connectivity index (χ0v) is 12.8. The lowest BCUT2D eigenvalue weighted by Gasteiger charge is -2.21. The van der Waals surface area contributed by atoms with Gasteiger partial charge in [0.15, 0.2) is 0 Å². The number of para-hydroxylation sites is 1. The van der Waals surface area contributed by atoms with E-state index in [9.17, 15) is 0 Å². The van der Waals surface area contributed by atoms with E-state index in [2.05, 4.69) is 11.8 Å². The highest BCUT2D eigenvalue weighted by Crippen LogP contribution is 2.40. The molecule has 0 saturated carbocycles. The minimum absolute atomic E-state index is 0.683. The molecule has 0 saturated heterocycles. The molecule has 0 unspecified atom stereocenters. The predicted octanol–water partition coefficient (Wildman–Crippen LogP) is 4.56. The Kier molecular flexibility index (Phi) is 5.30. The molecule has 0 radical (unpaired) electrons. The number of nitrogens with two attached hydrogens (primary N) is 1. The van der Waals surface area contributed by atoms with Crippen molar-refractivity contribution in [2.24, 2.45) is 5.73 Å². The van der Waals surface area contributed by atoms with Gasteiger partial charge in [0.1, 0.15) is 5.75 Å². The van der Waals surface area contributed by atoms with Crippen LogP contribution in [0.1, 0.15) is 12.0 Å². The lowest BCUT2D eigenvalue weighted by Crippen LogP contribution is -2.09. The normalized spacial score (nSPS) is 12.8. The van der Waals surface area contributed by atoms with Crippen LogP contribution in [0.4, 0.5) is 0 Å². The summed E-state index contributed by atoms with van der Waals surface area (Å²) in [6.07, 6.45) is 2.13. The molecular weight excluding hydrogens is 293 g/mol. The quantitative estimate of drug-likeness (QED) is 0.838. The molecule has 0 spiro atoms. The van der Waals surface area contributed by atoms with E-state index in [1.807, 2.05) is 24.3 Å². The summed E-state index contributed by atoms with van der Waals surface area (Å²) in [5.74, 6) is 0.952. The Morgan fingerprint density at radius 1 is 1.05 bits per heavy atom. The molecule has 2 aromatic rings. The molecular formula is C16H17Cl2NO. The maximum absolute atomic E-state index is 6.26. The van der Waals surface area contributed by atoms with Crippen molar-refractivity contribution in [2.75, 3.05) is 13.7 Å². The lowest BCUT2D eigenvalue weighted by molar-refractivity contribution is 0.289. The van der Waals surface area contributed by atoms with Gasteiger partial charge in [-0.2, -0.15) is 0 Å². The van der Waals surface area contributed by atoms with E-state index >= 15 is 0 Å². The van der Waals surface area contributed by atoms with Crippen molar-refractivity contribution in [3.05, 3.63) is 52.0 Å². The van der Waals surface area contributed by atoms with Crippen LogP contribution in [0, 0.1) is 0 Å². The first-order chi connectivity index (χ1) is 9.75. The Balaban J connectivity index is 0.000000704. The maximum Gasteiger partial charge on any atom is 0.130 e. The Bertz CT molecular complexity index is 599. The molecule has 0 fully saturated rings. The number of halogens is 2. The van der Waals surface area contributed by atoms with Crippen molar-refractivity contribution < 1.29 is 4.74 Å². The topological polar surface area (TPSA) is 35.2 Å². The number of fused-ring (bicyclic) bond motifs is 1. The van der Waals surface area contributed by atoms with Crippen molar-refractivity contribution in [1.29, 1.82) is 0 Å². The molecule has 0 aliphatic carbocycles. The summed E-state index contributed by atoms with van der Waals surface area (Å²) >= 11 is 12.3. The molecule has 2 aromatic carbocycles. The van der Waals surface area contributed by atoms with Crippen LogP contribution >= 0.6 is 23.2 Å². The third-order valence-corrected chi connectivity index (χ3v) is 3.72. The van der Waals surface area contributed by atoms with Gasteiger partial charge in [-0.05, 0) is 43.7 Å². The summed E-state index contributed by atoms with van der Waals surface area (Å²) in [4.78, 5) is 0. The first-order valence-corrected chi connectivity index (χ1v) is 7.29. The number of ether oxygens (including phenoxy) is 1. The van der Waals surface area contributed by atoms with Gasteiger partial charge in [0.05, 0.1) is 6.61 Å². The van der Waals surface area contributed by atoms with Gasteiger partial charge in [-0.25, -0.2) is 0 Å². The Morgan fingerprint density at radius 3 is 2.65 bits per heavy atom. The number of hydrogen-bond donors (Lipinski definition) is 1. The van der Waals surface area contributed by atoms with E-state index in [0.29, 0.717) is 10.0 Å². The molecule has 4 heteroatoms. The second-order valence-corrected chi connectivity index (χ2v) is 5.21. The zero-order chi connectivity index (χ0) is 14.5. The maximum atomic E-state index is 6.26. The van der Waals surface area contributed by atoms with Gasteiger partial charge in [-0.3, -0.25) is 0 Å². The van der Waals surface area contributed by atoms with Crippen molar-refractivity contribution in [2.45, 2.75) is 12.8 Å². The van der Waals surface area contributed by atoms with Crippen molar-refractivity contribution in [3.8, 4) is 16.9 Å². The van der Waals surface area contributed by atoms with Crippen LogP contribution < -0.4 is 10.5 Å². The van der Waals surface area contributed by atoms with Crippen LogP contribution in [0.2, 0.25) is 10.0 Å². The molecule has 2 nitrogen and oxygen atoms in total. The zero-order valence-electron chi connectivity index (χ0n) is 11.3. The Hall–Kier alpha value is -1.22. The third kappa shape index (κ3) is 3.09. The fraction of sp³-hybridized carbons (Fsp3) is 0.250. The first-order valence-electron chi connectivity index (χ1n) is 6.53. The summed E-state index contributed by atoms with van der Waals surface area (Å²) < 4.78 is 5.80. The standard InChI is InChI=1S/C15H12Cl2O.CH5N/c16-11-6-7-14(17)13(9-11)12-5-1-3-10-4-2-8-18-15(10)12;1-2/h1,3,5-7,9H,2,4,8H2;2H2,1H3. The fourth-order valence-electron chi connectivity index (χ4n) is 2.30. The fourth-order valence-corrected chi connectivity index (χ4v) is 2.70. The van der Waals surface area contributed by atoms with Gasteiger partial charge >= 0.3 is 0 Å².